The summed E-state index contributed by atoms with van der Waals surface area (Å²) in [7, 11) is 0. The molecule has 1 atom stereocenters. The molecule has 0 N–H and O–H groups in total. The molecule has 2 rings (SSSR count). The summed E-state index contributed by atoms with van der Waals surface area (Å²) in [5.41, 5.74) is 0.586. The molecule has 1 unspecified atom stereocenters. The monoisotopic (exact) mass is 210 g/mol. The minimum absolute atomic E-state index is 0.159. The molecule has 0 aliphatic carbocycles. The first-order valence-corrected chi connectivity index (χ1v) is 4.95. The molecule has 1 aliphatic heterocycles. The predicted molar refractivity (Wildman–Crippen MR) is 60.3 cm³/mol. The van der Waals surface area contributed by atoms with Gasteiger partial charge in [0.1, 0.15) is 6.04 Å². The molecule has 0 saturated carbocycles. The van der Waals surface area contributed by atoms with E-state index in [-0.39, 0.29) is 5.91 Å². The number of benzene rings is 1. The lowest BCUT2D eigenvalue weighted by Gasteiger charge is -2.23. The van der Waals surface area contributed by atoms with Crippen LogP contribution in [-0.4, -0.2) is 16.8 Å². The number of hydrogen-bond acceptors (Lipinski definition) is 2. The van der Waals surface area contributed by atoms with Crippen molar-refractivity contribution in [3.63, 3.8) is 0 Å². The summed E-state index contributed by atoms with van der Waals surface area (Å²) in [6.45, 7) is 0. The molecule has 0 spiro atoms. The minimum atomic E-state index is -0.516. The van der Waals surface area contributed by atoms with Crippen molar-refractivity contribution in [3.8, 4) is 6.07 Å². The highest BCUT2D eigenvalue weighted by molar-refractivity contribution is 5.95. The Bertz CT molecular complexity index is 482. The van der Waals surface area contributed by atoms with Crippen LogP contribution >= 0.6 is 0 Å². The summed E-state index contributed by atoms with van der Waals surface area (Å²) >= 11 is 0. The molecule has 0 radical (unpaired) electrons. The molecule has 16 heavy (non-hydrogen) atoms. The smallest absolute Gasteiger partial charge is 0.259 e. The van der Waals surface area contributed by atoms with Crippen LogP contribution in [0, 0.1) is 11.3 Å². The van der Waals surface area contributed by atoms with Crippen molar-refractivity contribution >= 4 is 5.91 Å². The first-order chi connectivity index (χ1) is 7.83. The molecular formula is C13H10N2O. The number of rotatable bonds is 1. The van der Waals surface area contributed by atoms with Gasteiger partial charge in [0.05, 0.1) is 6.07 Å². The van der Waals surface area contributed by atoms with Gasteiger partial charge in [-0.3, -0.25) is 9.69 Å². The number of carbonyl (C=O) groups excluding carboxylic acids is 1. The first-order valence-electron chi connectivity index (χ1n) is 4.95. The van der Waals surface area contributed by atoms with E-state index in [1.165, 1.54) is 4.90 Å². The largest absolute Gasteiger partial charge is 0.295 e. The van der Waals surface area contributed by atoms with Crippen molar-refractivity contribution in [2.24, 2.45) is 0 Å². The SMILES string of the molecule is N#CC1C=CC=CN1C(=O)c1ccccc1. The van der Waals surface area contributed by atoms with E-state index in [2.05, 4.69) is 6.07 Å². The first kappa shape index (κ1) is 10.2. The Morgan fingerprint density at radius 1 is 1.25 bits per heavy atom. The van der Waals surface area contributed by atoms with E-state index in [1.807, 2.05) is 6.07 Å². The fourth-order valence-corrected chi connectivity index (χ4v) is 1.53. The van der Waals surface area contributed by atoms with Crippen LogP contribution in [-0.2, 0) is 0 Å². The van der Waals surface area contributed by atoms with Crippen molar-refractivity contribution in [1.82, 2.24) is 4.90 Å². The zero-order valence-corrected chi connectivity index (χ0v) is 8.58. The summed E-state index contributed by atoms with van der Waals surface area (Å²) in [5, 5.41) is 8.93. The Hall–Kier alpha value is -2.34. The quantitative estimate of drug-likeness (QED) is 0.712. The molecule has 0 bridgehead atoms. The van der Waals surface area contributed by atoms with E-state index in [0.717, 1.165) is 0 Å². The van der Waals surface area contributed by atoms with Crippen LogP contribution in [0.1, 0.15) is 10.4 Å². The molecule has 0 fully saturated rings. The van der Waals surface area contributed by atoms with Gasteiger partial charge in [0.25, 0.3) is 5.91 Å². The van der Waals surface area contributed by atoms with E-state index in [4.69, 9.17) is 5.26 Å². The second kappa shape index (κ2) is 4.45. The van der Waals surface area contributed by atoms with Gasteiger partial charge in [-0.05, 0) is 24.3 Å². The van der Waals surface area contributed by atoms with Gasteiger partial charge in [-0.25, -0.2) is 0 Å². The standard InChI is InChI=1S/C13H10N2O/c14-10-12-8-4-5-9-15(12)13(16)11-6-2-1-3-7-11/h1-9,12H. The van der Waals surface area contributed by atoms with Crippen molar-refractivity contribution in [2.75, 3.05) is 0 Å². The van der Waals surface area contributed by atoms with Crippen LogP contribution in [0.25, 0.3) is 0 Å². The zero-order valence-electron chi connectivity index (χ0n) is 8.58. The second-order valence-corrected chi connectivity index (χ2v) is 3.38. The summed E-state index contributed by atoms with van der Waals surface area (Å²) in [5.74, 6) is -0.159. The van der Waals surface area contributed by atoms with E-state index in [1.54, 1.807) is 48.7 Å². The average molecular weight is 210 g/mol. The van der Waals surface area contributed by atoms with E-state index >= 15 is 0 Å². The summed E-state index contributed by atoms with van der Waals surface area (Å²) in [6.07, 6.45) is 6.83. The Morgan fingerprint density at radius 3 is 2.69 bits per heavy atom. The zero-order chi connectivity index (χ0) is 11.4. The number of nitriles is 1. The lowest BCUT2D eigenvalue weighted by atomic mass is 10.1. The predicted octanol–water partition coefficient (Wildman–Crippen LogP) is 2.10. The number of nitrogens with zero attached hydrogens (tertiary/aromatic N) is 2. The van der Waals surface area contributed by atoms with Crippen LogP contribution in [0.2, 0.25) is 0 Å². The average Bonchev–Trinajstić information content (AvgIpc) is 2.39. The molecule has 3 heteroatoms. The normalized spacial score (nSPS) is 18.2. The third-order valence-electron chi connectivity index (χ3n) is 2.34. The lowest BCUT2D eigenvalue weighted by Crippen LogP contribution is -2.35. The van der Waals surface area contributed by atoms with Gasteiger partial charge in [-0.2, -0.15) is 5.26 Å². The maximum absolute atomic E-state index is 12.1. The topological polar surface area (TPSA) is 44.1 Å². The van der Waals surface area contributed by atoms with E-state index in [9.17, 15) is 4.79 Å². The molecule has 1 aromatic carbocycles. The van der Waals surface area contributed by atoms with Crippen LogP contribution < -0.4 is 0 Å². The van der Waals surface area contributed by atoms with Crippen molar-refractivity contribution in [1.29, 1.82) is 5.26 Å². The fraction of sp³-hybridized carbons (Fsp3) is 0.0769. The third kappa shape index (κ3) is 1.86. The number of amides is 1. The molecule has 3 nitrogen and oxygen atoms in total. The second-order valence-electron chi connectivity index (χ2n) is 3.38. The van der Waals surface area contributed by atoms with Crippen LogP contribution in [0.15, 0.2) is 54.8 Å². The molecule has 1 amide bonds. The summed E-state index contributed by atoms with van der Waals surface area (Å²) in [6, 6.07) is 10.5. The molecule has 1 aliphatic rings. The fourth-order valence-electron chi connectivity index (χ4n) is 1.53. The highest BCUT2D eigenvalue weighted by Gasteiger charge is 2.21. The van der Waals surface area contributed by atoms with Crippen molar-refractivity contribution in [3.05, 3.63) is 60.3 Å². The highest BCUT2D eigenvalue weighted by atomic mass is 16.2. The molecule has 0 saturated heterocycles. The molecule has 0 aromatic heterocycles. The van der Waals surface area contributed by atoms with Crippen LogP contribution in [0.3, 0.4) is 0 Å². The van der Waals surface area contributed by atoms with Gasteiger partial charge in [-0.15, -0.1) is 0 Å². The Balaban J connectivity index is 2.26. The maximum atomic E-state index is 12.1. The molecule has 1 aromatic rings. The highest BCUT2D eigenvalue weighted by Crippen LogP contribution is 2.12. The van der Waals surface area contributed by atoms with Gasteiger partial charge in [0.2, 0.25) is 0 Å². The van der Waals surface area contributed by atoms with E-state index < -0.39 is 6.04 Å². The van der Waals surface area contributed by atoms with Crippen LogP contribution in [0.4, 0.5) is 0 Å². The molecule has 78 valence electrons. The third-order valence-corrected chi connectivity index (χ3v) is 2.34. The lowest BCUT2D eigenvalue weighted by molar-refractivity contribution is 0.0812. The Labute approximate surface area is 93.9 Å². The molecular weight excluding hydrogens is 200 g/mol. The Morgan fingerprint density at radius 2 is 2.00 bits per heavy atom. The van der Waals surface area contributed by atoms with Crippen molar-refractivity contribution < 1.29 is 4.79 Å². The molecule has 1 heterocycles. The summed E-state index contributed by atoms with van der Waals surface area (Å²) < 4.78 is 0. The number of hydrogen-bond donors (Lipinski definition) is 0. The van der Waals surface area contributed by atoms with Gasteiger partial charge in [0, 0.05) is 11.8 Å². The van der Waals surface area contributed by atoms with Gasteiger partial charge < -0.3 is 0 Å². The van der Waals surface area contributed by atoms with Crippen LogP contribution in [0.5, 0.6) is 0 Å². The summed E-state index contributed by atoms with van der Waals surface area (Å²) in [4.78, 5) is 13.5. The minimum Gasteiger partial charge on any atom is -0.295 e. The van der Waals surface area contributed by atoms with Gasteiger partial charge in [-0.1, -0.05) is 24.3 Å². The Kier molecular flexibility index (Phi) is 2.84. The number of allylic oxidation sites excluding steroid dienone is 2. The van der Waals surface area contributed by atoms with Crippen molar-refractivity contribution in [2.45, 2.75) is 6.04 Å². The van der Waals surface area contributed by atoms with Gasteiger partial charge >= 0.3 is 0 Å². The number of carbonyl (C=O) groups is 1. The van der Waals surface area contributed by atoms with Gasteiger partial charge in [0.15, 0.2) is 0 Å². The maximum Gasteiger partial charge on any atom is 0.259 e. The van der Waals surface area contributed by atoms with E-state index in [0.29, 0.717) is 5.56 Å².